The molecule has 1 heterocycles. The minimum atomic E-state index is -1.59. The summed E-state index contributed by atoms with van der Waals surface area (Å²) in [7, 11) is 0. The van der Waals surface area contributed by atoms with Gasteiger partial charge >= 0.3 is 18.2 Å². The van der Waals surface area contributed by atoms with E-state index in [0.717, 1.165) is 22.3 Å². The first-order chi connectivity index (χ1) is 16.6. The number of aliphatic carboxylic acids is 1. The highest BCUT2D eigenvalue weighted by Crippen LogP contribution is 2.44. The van der Waals surface area contributed by atoms with Crippen LogP contribution in [-0.4, -0.2) is 70.4 Å². The molecular weight excluding hydrogens is 448 g/mol. The van der Waals surface area contributed by atoms with E-state index in [1.54, 1.807) is 27.7 Å². The summed E-state index contributed by atoms with van der Waals surface area (Å²) in [6.07, 6.45) is -1.17. The Balaban J connectivity index is 1.49. The number of nitrogens with zero attached hydrogens (tertiary/aromatic N) is 2. The normalized spacial score (nSPS) is 19.7. The maximum Gasteiger partial charge on any atom is 0.411 e. The van der Waals surface area contributed by atoms with Crippen LogP contribution in [0, 0.1) is 0 Å². The van der Waals surface area contributed by atoms with Crippen LogP contribution in [0.2, 0.25) is 0 Å². The van der Waals surface area contributed by atoms with Crippen LogP contribution in [0.5, 0.6) is 0 Å². The highest BCUT2D eigenvalue weighted by molar-refractivity contribution is 5.86. The Bertz CT molecular complexity index is 1090. The molecule has 2 amide bonds. The Hall–Kier alpha value is -3.55. The van der Waals surface area contributed by atoms with Gasteiger partial charge in [0.2, 0.25) is 0 Å². The van der Waals surface area contributed by atoms with Crippen molar-refractivity contribution >= 4 is 18.2 Å². The van der Waals surface area contributed by atoms with Crippen molar-refractivity contribution in [2.75, 3.05) is 26.2 Å². The lowest BCUT2D eigenvalue weighted by molar-refractivity contribution is -0.155. The monoisotopic (exact) mass is 480 g/mol. The SMILES string of the molecule is CCC1(C(=O)O)CN(C(=O)OCC2c3ccccc3-c3ccccc32)CCN1C(=O)OC(C)(C)C. The summed E-state index contributed by atoms with van der Waals surface area (Å²) in [4.78, 5) is 40.9. The Labute approximate surface area is 205 Å². The van der Waals surface area contributed by atoms with Gasteiger partial charge < -0.3 is 19.5 Å². The Morgan fingerprint density at radius 2 is 1.54 bits per heavy atom. The van der Waals surface area contributed by atoms with Crippen LogP contribution in [0.25, 0.3) is 11.1 Å². The highest BCUT2D eigenvalue weighted by atomic mass is 16.6. The summed E-state index contributed by atoms with van der Waals surface area (Å²) in [5.74, 6) is -1.27. The second kappa shape index (κ2) is 9.24. The van der Waals surface area contributed by atoms with Gasteiger partial charge in [-0.05, 0) is 49.4 Å². The zero-order valence-corrected chi connectivity index (χ0v) is 20.6. The number of hydrogen-bond acceptors (Lipinski definition) is 5. The van der Waals surface area contributed by atoms with E-state index in [-0.39, 0.29) is 38.6 Å². The molecule has 1 atom stereocenters. The molecular formula is C27H32N2O6. The molecule has 2 aromatic carbocycles. The molecule has 4 rings (SSSR count). The summed E-state index contributed by atoms with van der Waals surface area (Å²) < 4.78 is 11.2. The molecule has 1 aliphatic heterocycles. The fraction of sp³-hybridized carbons (Fsp3) is 0.444. The Morgan fingerprint density at radius 3 is 2.06 bits per heavy atom. The zero-order valence-electron chi connectivity index (χ0n) is 20.6. The van der Waals surface area contributed by atoms with E-state index in [0.29, 0.717) is 0 Å². The first-order valence-corrected chi connectivity index (χ1v) is 11.9. The fourth-order valence-corrected chi connectivity index (χ4v) is 4.98. The lowest BCUT2D eigenvalue weighted by Gasteiger charge is -2.47. The van der Waals surface area contributed by atoms with Crippen LogP contribution in [-0.2, 0) is 14.3 Å². The van der Waals surface area contributed by atoms with E-state index in [2.05, 4.69) is 12.1 Å². The van der Waals surface area contributed by atoms with Crippen LogP contribution in [0.3, 0.4) is 0 Å². The number of carboxylic acid groups (broad SMARTS) is 1. The molecule has 0 aromatic heterocycles. The number of carbonyl (C=O) groups excluding carboxylic acids is 2. The summed E-state index contributed by atoms with van der Waals surface area (Å²) in [6.45, 7) is 7.04. The molecule has 35 heavy (non-hydrogen) atoms. The summed E-state index contributed by atoms with van der Waals surface area (Å²) >= 11 is 0. The number of carboxylic acids is 1. The third-order valence-electron chi connectivity index (χ3n) is 6.75. The first kappa shape index (κ1) is 24.6. The lowest BCUT2D eigenvalue weighted by Crippen LogP contribution is -2.68. The summed E-state index contributed by atoms with van der Waals surface area (Å²) in [5, 5.41) is 10.1. The number of hydrogen-bond donors (Lipinski definition) is 1. The van der Waals surface area contributed by atoms with Gasteiger partial charge in [0.25, 0.3) is 0 Å². The molecule has 0 spiro atoms. The topological polar surface area (TPSA) is 96.4 Å². The Kier molecular flexibility index (Phi) is 6.49. The Morgan fingerprint density at radius 1 is 0.971 bits per heavy atom. The average molecular weight is 481 g/mol. The fourth-order valence-electron chi connectivity index (χ4n) is 4.98. The molecule has 0 bridgehead atoms. The molecule has 1 fully saturated rings. The van der Waals surface area contributed by atoms with E-state index in [4.69, 9.17) is 9.47 Å². The van der Waals surface area contributed by atoms with E-state index in [1.165, 1.54) is 9.80 Å². The molecule has 0 radical (unpaired) electrons. The summed E-state index contributed by atoms with van der Waals surface area (Å²) in [5.41, 5.74) is 2.11. The number of piperazine rings is 1. The zero-order chi connectivity index (χ0) is 25.4. The minimum absolute atomic E-state index is 0.0409. The smallest absolute Gasteiger partial charge is 0.411 e. The van der Waals surface area contributed by atoms with Gasteiger partial charge in [0.05, 0.1) is 6.54 Å². The van der Waals surface area contributed by atoms with Gasteiger partial charge in [-0.25, -0.2) is 14.4 Å². The molecule has 8 heteroatoms. The quantitative estimate of drug-likeness (QED) is 0.680. The standard InChI is InChI=1S/C27H32N2O6/c1-5-27(23(30)31)17-28(14-15-29(27)25(33)35-26(2,3)4)24(32)34-16-22-20-12-8-6-10-18(20)19-11-7-9-13-21(19)22/h6-13,22H,5,14-17H2,1-4H3,(H,30,31). The first-order valence-electron chi connectivity index (χ1n) is 11.9. The second-order valence-electron chi connectivity index (χ2n) is 10.0. The van der Waals surface area contributed by atoms with Crippen molar-refractivity contribution in [1.82, 2.24) is 9.80 Å². The van der Waals surface area contributed by atoms with Gasteiger partial charge in [0.15, 0.2) is 5.54 Å². The maximum absolute atomic E-state index is 13.1. The number of benzene rings is 2. The van der Waals surface area contributed by atoms with Gasteiger partial charge in [-0.2, -0.15) is 0 Å². The van der Waals surface area contributed by atoms with Crippen LogP contribution in [0.1, 0.15) is 51.2 Å². The van der Waals surface area contributed by atoms with Gasteiger partial charge in [0, 0.05) is 19.0 Å². The van der Waals surface area contributed by atoms with E-state index in [9.17, 15) is 19.5 Å². The van der Waals surface area contributed by atoms with Crippen molar-refractivity contribution in [3.05, 3.63) is 59.7 Å². The van der Waals surface area contributed by atoms with Crippen molar-refractivity contribution in [1.29, 1.82) is 0 Å². The van der Waals surface area contributed by atoms with Crippen molar-refractivity contribution in [2.24, 2.45) is 0 Å². The number of amides is 2. The molecule has 1 unspecified atom stereocenters. The second-order valence-corrected chi connectivity index (χ2v) is 10.0. The van der Waals surface area contributed by atoms with Gasteiger partial charge in [0.1, 0.15) is 12.2 Å². The van der Waals surface area contributed by atoms with Crippen molar-refractivity contribution in [3.63, 3.8) is 0 Å². The maximum atomic E-state index is 13.1. The van der Waals surface area contributed by atoms with Crippen LogP contribution < -0.4 is 0 Å². The third kappa shape index (κ3) is 4.57. The number of rotatable bonds is 4. The van der Waals surface area contributed by atoms with E-state index >= 15 is 0 Å². The highest BCUT2D eigenvalue weighted by Gasteiger charge is 2.51. The lowest BCUT2D eigenvalue weighted by atomic mass is 9.91. The summed E-state index contributed by atoms with van der Waals surface area (Å²) in [6, 6.07) is 16.1. The molecule has 186 valence electrons. The predicted molar refractivity (Wildman–Crippen MR) is 130 cm³/mol. The van der Waals surface area contributed by atoms with E-state index in [1.807, 2.05) is 36.4 Å². The minimum Gasteiger partial charge on any atom is -0.479 e. The van der Waals surface area contributed by atoms with Crippen molar-refractivity contribution in [2.45, 2.75) is 51.2 Å². The molecule has 0 saturated carbocycles. The molecule has 1 saturated heterocycles. The molecule has 1 aliphatic carbocycles. The molecule has 2 aromatic rings. The number of fused-ring (bicyclic) bond motifs is 3. The van der Waals surface area contributed by atoms with Crippen molar-refractivity contribution in [3.8, 4) is 11.1 Å². The molecule has 2 aliphatic rings. The molecule has 8 nitrogen and oxygen atoms in total. The predicted octanol–water partition coefficient (Wildman–Crippen LogP) is 4.72. The van der Waals surface area contributed by atoms with Gasteiger partial charge in [-0.3, -0.25) is 4.90 Å². The third-order valence-corrected chi connectivity index (χ3v) is 6.75. The largest absolute Gasteiger partial charge is 0.479 e. The number of ether oxygens (including phenoxy) is 2. The van der Waals surface area contributed by atoms with Crippen LogP contribution in [0.15, 0.2) is 48.5 Å². The van der Waals surface area contributed by atoms with Gasteiger partial charge in [-0.15, -0.1) is 0 Å². The van der Waals surface area contributed by atoms with E-state index < -0.39 is 29.3 Å². The van der Waals surface area contributed by atoms with Crippen LogP contribution >= 0.6 is 0 Å². The average Bonchev–Trinajstić information content (AvgIpc) is 3.14. The molecule has 1 N–H and O–H groups in total. The van der Waals surface area contributed by atoms with Crippen molar-refractivity contribution < 1.29 is 29.0 Å². The van der Waals surface area contributed by atoms with Gasteiger partial charge in [-0.1, -0.05) is 55.5 Å². The van der Waals surface area contributed by atoms with Crippen LogP contribution in [0.4, 0.5) is 9.59 Å². The number of carbonyl (C=O) groups is 3.